The second kappa shape index (κ2) is 3.95. The maximum absolute atomic E-state index is 14.4. The molecule has 2 unspecified atom stereocenters. The minimum absolute atomic E-state index is 0.0710. The van der Waals surface area contributed by atoms with Crippen molar-refractivity contribution in [1.29, 1.82) is 0 Å². The Kier molecular flexibility index (Phi) is 2.83. The number of nitrogens with zero attached hydrogens (tertiary/aromatic N) is 1. The molecule has 1 aliphatic rings. The molecule has 1 aromatic rings. The van der Waals surface area contributed by atoms with Crippen LogP contribution in [0.2, 0.25) is 0 Å². The number of halogens is 1. The first-order chi connectivity index (χ1) is 6.71. The maximum Gasteiger partial charge on any atom is 0.165 e. The van der Waals surface area contributed by atoms with Gasteiger partial charge in [0.15, 0.2) is 5.67 Å². The van der Waals surface area contributed by atoms with Gasteiger partial charge in [0, 0.05) is 11.4 Å². The molecule has 0 bridgehead atoms. The number of hydrogen-bond acceptors (Lipinski definition) is 3. The van der Waals surface area contributed by atoms with Gasteiger partial charge in [-0.15, -0.1) is 11.3 Å². The Morgan fingerprint density at radius 2 is 2.50 bits per heavy atom. The molecule has 1 fully saturated rings. The quantitative estimate of drug-likeness (QED) is 0.818. The molecule has 2 nitrogen and oxygen atoms in total. The monoisotopic (exact) mass is 214 g/mol. The normalized spacial score (nSPS) is 27.1. The predicted octanol–water partition coefficient (Wildman–Crippen LogP) is 2.47. The molecule has 14 heavy (non-hydrogen) atoms. The third-order valence-corrected chi connectivity index (χ3v) is 3.48. The fraction of sp³-hybridized carbons (Fsp3) is 0.700. The van der Waals surface area contributed by atoms with Crippen LogP contribution in [0.15, 0.2) is 10.9 Å². The van der Waals surface area contributed by atoms with E-state index in [0.717, 1.165) is 25.8 Å². The molecule has 4 heteroatoms. The van der Waals surface area contributed by atoms with Gasteiger partial charge in [-0.05, 0) is 26.3 Å². The molecule has 1 aromatic heterocycles. The fourth-order valence-electron chi connectivity index (χ4n) is 1.95. The van der Waals surface area contributed by atoms with Gasteiger partial charge in [0.2, 0.25) is 0 Å². The van der Waals surface area contributed by atoms with Crippen LogP contribution >= 0.6 is 11.3 Å². The molecule has 0 aromatic carbocycles. The maximum atomic E-state index is 14.4. The van der Waals surface area contributed by atoms with Crippen molar-refractivity contribution in [1.82, 2.24) is 10.3 Å². The molecule has 78 valence electrons. The summed E-state index contributed by atoms with van der Waals surface area (Å²) in [4.78, 5) is 4.07. The van der Waals surface area contributed by atoms with Gasteiger partial charge in [0.1, 0.15) is 0 Å². The summed E-state index contributed by atoms with van der Waals surface area (Å²) in [5.74, 6) is 0. The zero-order chi connectivity index (χ0) is 10.0. The van der Waals surface area contributed by atoms with Crippen LogP contribution in [0.3, 0.4) is 0 Å². The summed E-state index contributed by atoms with van der Waals surface area (Å²) >= 11 is 1.45. The van der Waals surface area contributed by atoms with Gasteiger partial charge < -0.3 is 5.32 Å². The van der Waals surface area contributed by atoms with Crippen molar-refractivity contribution < 1.29 is 4.39 Å². The van der Waals surface area contributed by atoms with Gasteiger partial charge in [0.05, 0.1) is 11.2 Å². The van der Waals surface area contributed by atoms with Crippen molar-refractivity contribution in [2.24, 2.45) is 0 Å². The molecule has 0 radical (unpaired) electrons. The number of rotatable bonds is 2. The zero-order valence-corrected chi connectivity index (χ0v) is 9.11. The van der Waals surface area contributed by atoms with Gasteiger partial charge in [-0.25, -0.2) is 9.37 Å². The molecule has 0 aliphatic carbocycles. The Hall–Kier alpha value is -0.480. The lowest BCUT2D eigenvalue weighted by molar-refractivity contribution is 0.103. The number of hydrogen-bond donors (Lipinski definition) is 1. The van der Waals surface area contributed by atoms with Crippen LogP contribution in [0.4, 0.5) is 4.39 Å². The zero-order valence-electron chi connectivity index (χ0n) is 8.29. The summed E-state index contributed by atoms with van der Waals surface area (Å²) in [6, 6.07) is -0.0710. The number of aromatic nitrogens is 1. The van der Waals surface area contributed by atoms with Crippen molar-refractivity contribution in [2.75, 3.05) is 6.54 Å². The van der Waals surface area contributed by atoms with Crippen LogP contribution in [0.25, 0.3) is 0 Å². The summed E-state index contributed by atoms with van der Waals surface area (Å²) in [7, 11) is 0. The SMILES string of the molecule is CC(F)(c1cscn1)C1CCCCN1. The van der Waals surface area contributed by atoms with Crippen molar-refractivity contribution in [3.05, 3.63) is 16.6 Å². The third-order valence-electron chi connectivity index (χ3n) is 2.90. The molecule has 0 saturated carbocycles. The summed E-state index contributed by atoms with van der Waals surface area (Å²) in [6.45, 7) is 2.55. The molecular weight excluding hydrogens is 199 g/mol. The van der Waals surface area contributed by atoms with E-state index in [-0.39, 0.29) is 6.04 Å². The third kappa shape index (κ3) is 1.81. The van der Waals surface area contributed by atoms with Crippen LogP contribution in [0, 0.1) is 0 Å². The predicted molar refractivity (Wildman–Crippen MR) is 56.2 cm³/mol. The van der Waals surface area contributed by atoms with Crippen LogP contribution in [-0.4, -0.2) is 17.6 Å². The van der Waals surface area contributed by atoms with E-state index >= 15 is 0 Å². The lowest BCUT2D eigenvalue weighted by Crippen LogP contribution is -2.46. The highest BCUT2D eigenvalue weighted by Gasteiger charge is 2.38. The van der Waals surface area contributed by atoms with E-state index in [4.69, 9.17) is 0 Å². The highest BCUT2D eigenvalue weighted by atomic mass is 32.1. The molecule has 1 aliphatic heterocycles. The second-order valence-electron chi connectivity index (χ2n) is 3.95. The summed E-state index contributed by atoms with van der Waals surface area (Å²) in [5, 5.41) is 5.04. The molecule has 2 atom stereocenters. The van der Waals surface area contributed by atoms with Crippen molar-refractivity contribution >= 4 is 11.3 Å². The topological polar surface area (TPSA) is 24.9 Å². The van der Waals surface area contributed by atoms with Crippen molar-refractivity contribution in [3.8, 4) is 0 Å². The van der Waals surface area contributed by atoms with E-state index in [2.05, 4.69) is 10.3 Å². The minimum Gasteiger partial charge on any atom is -0.311 e. The molecular formula is C10H15FN2S. The Bertz CT molecular complexity index is 278. The van der Waals surface area contributed by atoms with E-state index < -0.39 is 5.67 Å². The molecule has 1 saturated heterocycles. The first-order valence-corrected chi connectivity index (χ1v) is 5.96. The van der Waals surface area contributed by atoms with E-state index in [0.29, 0.717) is 5.69 Å². The number of nitrogens with one attached hydrogen (secondary N) is 1. The van der Waals surface area contributed by atoms with Crippen molar-refractivity contribution in [3.63, 3.8) is 0 Å². The fourth-order valence-corrected chi connectivity index (χ4v) is 2.60. The smallest absolute Gasteiger partial charge is 0.165 e. The summed E-state index contributed by atoms with van der Waals surface area (Å²) in [6.07, 6.45) is 3.18. The largest absolute Gasteiger partial charge is 0.311 e. The Labute approximate surface area is 87.6 Å². The second-order valence-corrected chi connectivity index (χ2v) is 4.67. The molecule has 0 spiro atoms. The molecule has 2 rings (SSSR count). The van der Waals surface area contributed by atoms with Crippen LogP contribution in [0.1, 0.15) is 31.9 Å². The average Bonchev–Trinajstić information content (AvgIpc) is 2.72. The van der Waals surface area contributed by atoms with E-state index in [1.54, 1.807) is 17.8 Å². The van der Waals surface area contributed by atoms with Gasteiger partial charge in [-0.1, -0.05) is 6.42 Å². The molecule has 0 amide bonds. The highest BCUT2D eigenvalue weighted by molar-refractivity contribution is 7.07. The van der Waals surface area contributed by atoms with Crippen LogP contribution in [-0.2, 0) is 5.67 Å². The Morgan fingerprint density at radius 1 is 1.64 bits per heavy atom. The minimum atomic E-state index is -1.32. The van der Waals surface area contributed by atoms with Crippen molar-refractivity contribution in [2.45, 2.75) is 37.9 Å². The van der Waals surface area contributed by atoms with Gasteiger partial charge in [-0.2, -0.15) is 0 Å². The standard InChI is InChI=1S/C10H15FN2S/c1-10(11,9-6-14-7-13-9)8-4-2-3-5-12-8/h6-8,12H,2-5H2,1H3. The van der Waals surface area contributed by atoms with Gasteiger partial charge >= 0.3 is 0 Å². The highest BCUT2D eigenvalue weighted by Crippen LogP contribution is 2.32. The molecule has 2 heterocycles. The first-order valence-electron chi connectivity index (χ1n) is 5.02. The summed E-state index contributed by atoms with van der Waals surface area (Å²) in [5.41, 5.74) is 0.943. The van der Waals surface area contributed by atoms with Crippen LogP contribution < -0.4 is 5.32 Å². The van der Waals surface area contributed by atoms with Gasteiger partial charge in [-0.3, -0.25) is 0 Å². The van der Waals surface area contributed by atoms with Gasteiger partial charge in [0.25, 0.3) is 0 Å². The lowest BCUT2D eigenvalue weighted by Gasteiger charge is -2.33. The molecule has 1 N–H and O–H groups in total. The van der Waals surface area contributed by atoms with E-state index in [9.17, 15) is 4.39 Å². The lowest BCUT2D eigenvalue weighted by atomic mass is 9.89. The van der Waals surface area contributed by atoms with E-state index in [1.807, 2.05) is 0 Å². The van der Waals surface area contributed by atoms with E-state index in [1.165, 1.54) is 11.3 Å². The number of alkyl halides is 1. The number of piperidine rings is 1. The van der Waals surface area contributed by atoms with Crippen LogP contribution in [0.5, 0.6) is 0 Å². The number of thiazole rings is 1. The summed E-state index contributed by atoms with van der Waals surface area (Å²) < 4.78 is 14.4. The average molecular weight is 214 g/mol. The Morgan fingerprint density at radius 3 is 3.07 bits per heavy atom. The Balaban J connectivity index is 2.14. The first kappa shape index (κ1) is 10.1.